The Morgan fingerprint density at radius 3 is 2.42 bits per heavy atom. The van der Waals surface area contributed by atoms with Crippen LogP contribution >= 0.6 is 15.9 Å². The van der Waals surface area contributed by atoms with E-state index in [1.165, 1.54) is 28.2 Å². The van der Waals surface area contributed by atoms with E-state index in [-0.39, 0.29) is 21.7 Å². The Labute approximate surface area is 157 Å². The Kier molecular flexibility index (Phi) is 5.05. The van der Waals surface area contributed by atoms with Gasteiger partial charge in [-0.25, -0.2) is 12.4 Å². The summed E-state index contributed by atoms with van der Waals surface area (Å²) in [6.07, 6.45) is 0. The van der Waals surface area contributed by atoms with Gasteiger partial charge in [0.15, 0.2) is 0 Å². The Morgan fingerprint density at radius 1 is 1.19 bits per heavy atom. The van der Waals surface area contributed by atoms with Crippen molar-refractivity contribution in [2.45, 2.75) is 25.0 Å². The van der Waals surface area contributed by atoms with E-state index in [0.717, 1.165) is 5.56 Å². The van der Waals surface area contributed by atoms with Crippen LogP contribution in [0.3, 0.4) is 0 Å². The molecule has 1 heterocycles. The number of rotatable bonds is 5. The van der Waals surface area contributed by atoms with Gasteiger partial charge >= 0.3 is 6.61 Å². The summed E-state index contributed by atoms with van der Waals surface area (Å²) in [6.45, 7) is -0.901. The summed E-state index contributed by atoms with van der Waals surface area (Å²) in [4.78, 5) is 0.138. The second kappa shape index (κ2) is 6.98. The van der Waals surface area contributed by atoms with Crippen LogP contribution in [-0.2, 0) is 16.6 Å². The van der Waals surface area contributed by atoms with Crippen LogP contribution in [0.1, 0.15) is 11.3 Å². The predicted molar refractivity (Wildman–Crippen MR) is 96.6 cm³/mol. The van der Waals surface area contributed by atoms with Crippen LogP contribution in [0.25, 0.3) is 10.9 Å². The van der Waals surface area contributed by atoms with Gasteiger partial charge in [0.25, 0.3) is 10.0 Å². The van der Waals surface area contributed by atoms with Gasteiger partial charge in [0.05, 0.1) is 20.6 Å². The Balaban J connectivity index is 2.24. The molecule has 0 spiro atoms. The first-order valence-electron chi connectivity index (χ1n) is 7.64. The van der Waals surface area contributed by atoms with Crippen molar-refractivity contribution >= 4 is 36.9 Å². The topological polar surface area (TPSA) is 75.9 Å². The number of halogens is 3. The van der Waals surface area contributed by atoms with Gasteiger partial charge in [0.2, 0.25) is 0 Å². The van der Waals surface area contributed by atoms with Gasteiger partial charge in [-0.3, -0.25) is 0 Å². The quantitative estimate of drug-likeness (QED) is 0.654. The normalized spacial score (nSPS) is 12.1. The largest absolute Gasteiger partial charge is 0.434 e. The van der Waals surface area contributed by atoms with Crippen LogP contribution < -0.4 is 10.5 Å². The van der Waals surface area contributed by atoms with Crippen molar-refractivity contribution in [2.24, 2.45) is 0 Å². The van der Waals surface area contributed by atoms with Crippen molar-refractivity contribution < 1.29 is 27.7 Å². The standard InChI is InChI=1S/C17H15BrF2N2O3S/c1-10-2-4-13(5-3-10)26(23,24)22-12(9-21)6-11-7-16(25-17(19)20)14(18)8-15(11)22/h2-8,17H,9,21H2,1H3/p+1. The second-order valence-corrected chi connectivity index (χ2v) is 8.33. The van der Waals surface area contributed by atoms with E-state index in [1.54, 1.807) is 18.2 Å². The average molecular weight is 446 g/mol. The fourth-order valence-corrected chi connectivity index (χ4v) is 4.69. The number of alkyl halides is 2. The van der Waals surface area contributed by atoms with E-state index in [4.69, 9.17) is 0 Å². The molecule has 0 saturated carbocycles. The maximum atomic E-state index is 13.1. The monoisotopic (exact) mass is 445 g/mol. The third kappa shape index (κ3) is 3.34. The van der Waals surface area contributed by atoms with Gasteiger partial charge in [-0.1, -0.05) is 17.7 Å². The summed E-state index contributed by atoms with van der Waals surface area (Å²) in [6, 6.07) is 10.9. The number of hydrogen-bond donors (Lipinski definition) is 1. The summed E-state index contributed by atoms with van der Waals surface area (Å²) in [7, 11) is -3.87. The molecule has 0 atom stereocenters. The zero-order chi connectivity index (χ0) is 19.1. The smallest absolute Gasteiger partial charge is 0.387 e. The highest BCUT2D eigenvalue weighted by Gasteiger charge is 2.24. The lowest BCUT2D eigenvalue weighted by molar-refractivity contribution is -0.387. The van der Waals surface area contributed by atoms with Crippen molar-refractivity contribution in [3.8, 4) is 5.75 Å². The molecule has 0 aliphatic rings. The average Bonchev–Trinajstić information content (AvgIpc) is 2.93. The fraction of sp³-hybridized carbons (Fsp3) is 0.176. The van der Waals surface area contributed by atoms with E-state index < -0.39 is 16.6 Å². The molecule has 0 fully saturated rings. The third-order valence-electron chi connectivity index (χ3n) is 3.91. The van der Waals surface area contributed by atoms with Crippen molar-refractivity contribution in [3.05, 3.63) is 58.2 Å². The van der Waals surface area contributed by atoms with E-state index in [1.807, 2.05) is 6.92 Å². The van der Waals surface area contributed by atoms with E-state index >= 15 is 0 Å². The lowest BCUT2D eigenvalue weighted by Gasteiger charge is -2.12. The first kappa shape index (κ1) is 18.8. The van der Waals surface area contributed by atoms with Crippen LogP contribution in [0.2, 0.25) is 0 Å². The molecular weight excluding hydrogens is 430 g/mol. The lowest BCUT2D eigenvalue weighted by Crippen LogP contribution is -2.48. The van der Waals surface area contributed by atoms with Crippen molar-refractivity contribution in [1.82, 2.24) is 3.97 Å². The van der Waals surface area contributed by atoms with Gasteiger partial charge in [-0.2, -0.15) is 8.78 Å². The number of hydrogen-bond acceptors (Lipinski definition) is 3. The van der Waals surface area contributed by atoms with E-state index in [0.29, 0.717) is 16.6 Å². The van der Waals surface area contributed by atoms with Crippen molar-refractivity contribution in [3.63, 3.8) is 0 Å². The summed E-state index contributed by atoms with van der Waals surface area (Å²) in [5.74, 6) is -0.0620. The molecular formula is C17H16BrF2N2O3S+. The molecule has 0 saturated heterocycles. The van der Waals surface area contributed by atoms with Gasteiger partial charge in [0, 0.05) is 5.39 Å². The molecule has 0 aliphatic heterocycles. The minimum atomic E-state index is -3.87. The molecule has 0 unspecified atom stereocenters. The minimum Gasteiger partial charge on any atom is -0.434 e. The molecule has 1 aromatic heterocycles. The number of benzene rings is 2. The lowest BCUT2D eigenvalue weighted by atomic mass is 10.2. The highest BCUT2D eigenvalue weighted by Crippen LogP contribution is 2.35. The first-order chi connectivity index (χ1) is 12.2. The number of ether oxygens (including phenoxy) is 1. The van der Waals surface area contributed by atoms with Crippen LogP contribution in [0.5, 0.6) is 5.75 Å². The number of nitrogens with zero attached hydrogens (tertiary/aromatic N) is 1. The second-order valence-electron chi connectivity index (χ2n) is 5.69. The number of fused-ring (bicyclic) bond motifs is 1. The molecule has 3 N–H and O–H groups in total. The Morgan fingerprint density at radius 2 is 1.85 bits per heavy atom. The van der Waals surface area contributed by atoms with E-state index in [9.17, 15) is 17.2 Å². The molecule has 0 radical (unpaired) electrons. The van der Waals surface area contributed by atoms with Crippen LogP contribution in [0.4, 0.5) is 8.78 Å². The van der Waals surface area contributed by atoms with Crippen molar-refractivity contribution in [2.75, 3.05) is 0 Å². The molecule has 26 heavy (non-hydrogen) atoms. The first-order valence-corrected chi connectivity index (χ1v) is 9.87. The summed E-state index contributed by atoms with van der Waals surface area (Å²) >= 11 is 3.16. The number of aromatic nitrogens is 1. The van der Waals surface area contributed by atoms with Crippen molar-refractivity contribution in [1.29, 1.82) is 0 Å². The van der Waals surface area contributed by atoms with Crippen LogP contribution in [0, 0.1) is 6.92 Å². The van der Waals surface area contributed by atoms with Crippen LogP contribution in [-0.4, -0.2) is 19.0 Å². The zero-order valence-electron chi connectivity index (χ0n) is 13.7. The number of aryl methyl sites for hydroxylation is 1. The van der Waals surface area contributed by atoms with Gasteiger partial charge in [-0.15, -0.1) is 0 Å². The maximum Gasteiger partial charge on any atom is 0.387 e. The third-order valence-corrected chi connectivity index (χ3v) is 6.31. The highest BCUT2D eigenvalue weighted by atomic mass is 79.9. The zero-order valence-corrected chi connectivity index (χ0v) is 16.1. The molecule has 0 bridgehead atoms. The Hall–Kier alpha value is -1.97. The molecule has 5 nitrogen and oxygen atoms in total. The van der Waals surface area contributed by atoms with Gasteiger partial charge in [0.1, 0.15) is 12.3 Å². The molecule has 3 rings (SSSR count). The molecule has 9 heteroatoms. The summed E-state index contributed by atoms with van der Waals surface area (Å²) < 4.78 is 57.3. The van der Waals surface area contributed by atoms with Gasteiger partial charge in [-0.05, 0) is 53.2 Å². The van der Waals surface area contributed by atoms with Crippen LogP contribution in [0.15, 0.2) is 51.8 Å². The molecule has 3 aromatic rings. The SMILES string of the molecule is Cc1ccc(S(=O)(=O)n2c(C[NH3+])cc3cc(OC(F)F)c(Br)cc32)cc1. The fourth-order valence-electron chi connectivity index (χ4n) is 2.70. The molecule has 2 aromatic carbocycles. The molecule has 138 valence electrons. The predicted octanol–water partition coefficient (Wildman–Crippen LogP) is 3.29. The number of quaternary nitrogens is 1. The Bertz CT molecular complexity index is 1060. The summed E-state index contributed by atoms with van der Waals surface area (Å²) in [5.41, 5.74) is 5.52. The van der Waals surface area contributed by atoms with Gasteiger partial charge < -0.3 is 10.5 Å². The molecule has 0 amide bonds. The minimum absolute atomic E-state index is 0.0620. The molecule has 0 aliphatic carbocycles. The van der Waals surface area contributed by atoms with E-state index in [2.05, 4.69) is 26.4 Å². The maximum absolute atomic E-state index is 13.1. The highest BCUT2D eigenvalue weighted by molar-refractivity contribution is 9.10. The summed E-state index contributed by atoms with van der Waals surface area (Å²) in [5, 5.41) is 0.471.